The van der Waals surface area contributed by atoms with Crippen molar-refractivity contribution in [2.24, 2.45) is 5.92 Å². The second-order valence-electron chi connectivity index (χ2n) is 7.27. The number of carbonyl (C=O) groups is 1. The molecule has 7 nitrogen and oxygen atoms in total. The molecule has 0 spiro atoms. The zero-order valence-electron chi connectivity index (χ0n) is 15.9. The average Bonchev–Trinajstić information content (AvgIpc) is 3.20. The van der Waals surface area contributed by atoms with Gasteiger partial charge in [0.15, 0.2) is 5.82 Å². The Kier molecular flexibility index (Phi) is 6.21. The maximum Gasteiger partial charge on any atom is 0.273 e. The molecule has 144 valence electrons. The van der Waals surface area contributed by atoms with Crippen molar-refractivity contribution in [3.8, 4) is 17.1 Å². The van der Waals surface area contributed by atoms with Gasteiger partial charge in [0.25, 0.3) is 5.56 Å². The third-order valence-electron chi connectivity index (χ3n) is 4.51. The fraction of sp³-hybridized carbons (Fsp3) is 0.500. The van der Waals surface area contributed by atoms with Crippen LogP contribution in [0.1, 0.15) is 38.8 Å². The van der Waals surface area contributed by atoms with E-state index >= 15 is 0 Å². The van der Waals surface area contributed by atoms with Crippen LogP contribution >= 0.6 is 0 Å². The molecule has 3 rings (SSSR count). The van der Waals surface area contributed by atoms with E-state index in [1.54, 1.807) is 0 Å². The number of H-pyrrole nitrogens is 1. The summed E-state index contributed by atoms with van der Waals surface area (Å²) in [5.74, 6) is 1.72. The minimum Gasteiger partial charge on any atom is -0.493 e. The highest BCUT2D eigenvalue weighted by Crippen LogP contribution is 2.19. The number of hydrogen-bond acceptors (Lipinski definition) is 5. The molecule has 0 unspecified atom stereocenters. The van der Waals surface area contributed by atoms with Crippen LogP contribution in [0.5, 0.6) is 5.75 Å². The second kappa shape index (κ2) is 8.79. The lowest BCUT2D eigenvalue weighted by molar-refractivity contribution is -0.130. The number of aromatic nitrogens is 3. The number of hydrogen-bond donors (Lipinski definition) is 1. The van der Waals surface area contributed by atoms with E-state index in [4.69, 9.17) is 4.74 Å². The van der Waals surface area contributed by atoms with E-state index in [0.717, 1.165) is 37.2 Å². The normalized spacial score (nSPS) is 14.0. The Labute approximate surface area is 158 Å². The highest BCUT2D eigenvalue weighted by atomic mass is 16.5. The smallest absolute Gasteiger partial charge is 0.273 e. The van der Waals surface area contributed by atoms with Gasteiger partial charge in [-0.3, -0.25) is 9.59 Å². The molecule has 0 bridgehead atoms. The minimum absolute atomic E-state index is 0.0785. The molecule has 1 saturated heterocycles. The Hall–Kier alpha value is -2.70. The lowest BCUT2D eigenvalue weighted by atomic mass is 10.2. The summed E-state index contributed by atoms with van der Waals surface area (Å²) in [7, 11) is 0. The van der Waals surface area contributed by atoms with E-state index in [1.807, 2.05) is 29.2 Å². The molecular weight excluding hydrogens is 344 g/mol. The molecular formula is C20H26N4O3. The van der Waals surface area contributed by atoms with Crippen LogP contribution in [0.25, 0.3) is 11.4 Å². The van der Waals surface area contributed by atoms with Crippen LogP contribution in [0.4, 0.5) is 0 Å². The summed E-state index contributed by atoms with van der Waals surface area (Å²) in [5, 5.41) is 8.16. The molecule has 1 aromatic carbocycles. The summed E-state index contributed by atoms with van der Waals surface area (Å²) < 4.78 is 5.65. The molecule has 2 aromatic rings. The molecule has 27 heavy (non-hydrogen) atoms. The summed E-state index contributed by atoms with van der Waals surface area (Å²) in [6.45, 7) is 6.47. The largest absolute Gasteiger partial charge is 0.493 e. The number of ether oxygens (including phenoxy) is 1. The summed E-state index contributed by atoms with van der Waals surface area (Å²) >= 11 is 0. The Morgan fingerprint density at radius 2 is 1.89 bits per heavy atom. The number of nitrogens with zero attached hydrogens (tertiary/aromatic N) is 3. The van der Waals surface area contributed by atoms with Crippen molar-refractivity contribution < 1.29 is 9.53 Å². The fourth-order valence-corrected chi connectivity index (χ4v) is 2.98. The molecule has 0 radical (unpaired) electrons. The SMILES string of the molecule is CC(C)COc1ccc(-c2nnc(CCC(=O)N3CCCC3)c(=O)[nH]2)cc1. The summed E-state index contributed by atoms with van der Waals surface area (Å²) in [5.41, 5.74) is 0.758. The monoisotopic (exact) mass is 370 g/mol. The lowest BCUT2D eigenvalue weighted by Crippen LogP contribution is -2.28. The first kappa shape index (κ1) is 19.1. The lowest BCUT2D eigenvalue weighted by Gasteiger charge is -2.14. The molecule has 1 aliphatic heterocycles. The van der Waals surface area contributed by atoms with Gasteiger partial charge in [0.05, 0.1) is 6.61 Å². The molecule has 7 heteroatoms. The average molecular weight is 370 g/mol. The van der Waals surface area contributed by atoms with Crippen LogP contribution in [0.15, 0.2) is 29.1 Å². The van der Waals surface area contributed by atoms with Gasteiger partial charge >= 0.3 is 0 Å². The van der Waals surface area contributed by atoms with Gasteiger partial charge in [0.2, 0.25) is 5.91 Å². The van der Waals surface area contributed by atoms with Crippen molar-refractivity contribution in [2.45, 2.75) is 39.5 Å². The van der Waals surface area contributed by atoms with E-state index in [-0.39, 0.29) is 11.5 Å². The van der Waals surface area contributed by atoms with E-state index in [0.29, 0.717) is 36.9 Å². The Balaban J connectivity index is 1.62. The van der Waals surface area contributed by atoms with E-state index in [9.17, 15) is 9.59 Å². The first-order valence-electron chi connectivity index (χ1n) is 9.50. The molecule has 1 fully saturated rings. The molecule has 0 saturated carbocycles. The van der Waals surface area contributed by atoms with E-state index in [1.165, 1.54) is 0 Å². The number of aromatic amines is 1. The minimum atomic E-state index is -0.297. The van der Waals surface area contributed by atoms with Crippen molar-refractivity contribution in [2.75, 3.05) is 19.7 Å². The third kappa shape index (κ3) is 5.15. The number of aryl methyl sites for hydroxylation is 1. The number of benzene rings is 1. The molecule has 1 N–H and O–H groups in total. The number of likely N-dealkylation sites (tertiary alicyclic amines) is 1. The molecule has 0 atom stereocenters. The van der Waals surface area contributed by atoms with Gasteiger partial charge in [-0.2, -0.15) is 0 Å². The zero-order valence-corrected chi connectivity index (χ0v) is 15.9. The molecule has 1 aliphatic rings. The van der Waals surface area contributed by atoms with Gasteiger partial charge in [0.1, 0.15) is 11.4 Å². The Morgan fingerprint density at radius 1 is 1.19 bits per heavy atom. The third-order valence-corrected chi connectivity index (χ3v) is 4.51. The van der Waals surface area contributed by atoms with Crippen LogP contribution in [0.3, 0.4) is 0 Å². The van der Waals surface area contributed by atoms with Crippen molar-refractivity contribution in [1.29, 1.82) is 0 Å². The first-order valence-corrected chi connectivity index (χ1v) is 9.50. The molecule has 1 aromatic heterocycles. The van der Waals surface area contributed by atoms with Crippen molar-refractivity contribution in [1.82, 2.24) is 20.1 Å². The number of nitrogens with one attached hydrogen (secondary N) is 1. The zero-order chi connectivity index (χ0) is 19.2. The number of rotatable bonds is 7. The van der Waals surface area contributed by atoms with Gasteiger partial charge in [-0.1, -0.05) is 13.8 Å². The standard InChI is InChI=1S/C20H26N4O3/c1-14(2)13-27-16-7-5-15(6-8-16)19-21-20(26)17(22-23-19)9-10-18(25)24-11-3-4-12-24/h5-8,14H,3-4,9-13H2,1-2H3,(H,21,23,26). The number of carbonyl (C=O) groups excluding carboxylic acids is 1. The highest BCUT2D eigenvalue weighted by molar-refractivity contribution is 5.76. The van der Waals surface area contributed by atoms with Crippen LogP contribution in [0, 0.1) is 5.92 Å². The maximum absolute atomic E-state index is 12.3. The first-order chi connectivity index (χ1) is 13.0. The predicted octanol–water partition coefficient (Wildman–Crippen LogP) is 2.42. The van der Waals surface area contributed by atoms with Gasteiger partial charge in [0, 0.05) is 31.5 Å². The van der Waals surface area contributed by atoms with Crippen molar-refractivity contribution in [3.63, 3.8) is 0 Å². The second-order valence-corrected chi connectivity index (χ2v) is 7.27. The maximum atomic E-state index is 12.3. The Morgan fingerprint density at radius 3 is 2.52 bits per heavy atom. The summed E-state index contributed by atoms with van der Waals surface area (Å²) in [6, 6.07) is 7.37. The van der Waals surface area contributed by atoms with Crippen molar-refractivity contribution in [3.05, 3.63) is 40.3 Å². The van der Waals surface area contributed by atoms with E-state index < -0.39 is 0 Å². The molecule has 1 amide bonds. The quantitative estimate of drug-likeness (QED) is 0.809. The van der Waals surface area contributed by atoms with Gasteiger partial charge < -0.3 is 14.6 Å². The number of amides is 1. The summed E-state index contributed by atoms with van der Waals surface area (Å²) in [4.78, 5) is 29.0. The predicted molar refractivity (Wildman–Crippen MR) is 103 cm³/mol. The highest BCUT2D eigenvalue weighted by Gasteiger charge is 2.18. The molecule has 2 heterocycles. The fourth-order valence-electron chi connectivity index (χ4n) is 2.98. The topological polar surface area (TPSA) is 88.2 Å². The van der Waals surface area contributed by atoms with Crippen LogP contribution in [-0.4, -0.2) is 45.7 Å². The van der Waals surface area contributed by atoms with Gasteiger partial charge in [-0.05, 0) is 43.0 Å². The molecule has 0 aliphatic carbocycles. The van der Waals surface area contributed by atoms with Gasteiger partial charge in [-0.15, -0.1) is 10.2 Å². The van der Waals surface area contributed by atoms with Crippen LogP contribution in [-0.2, 0) is 11.2 Å². The van der Waals surface area contributed by atoms with Gasteiger partial charge in [-0.25, -0.2) is 0 Å². The van der Waals surface area contributed by atoms with Crippen molar-refractivity contribution >= 4 is 5.91 Å². The summed E-state index contributed by atoms with van der Waals surface area (Å²) in [6.07, 6.45) is 2.71. The van der Waals surface area contributed by atoms with Crippen LogP contribution < -0.4 is 10.3 Å². The van der Waals surface area contributed by atoms with Crippen LogP contribution in [0.2, 0.25) is 0 Å². The Bertz CT molecular complexity index is 824. The van der Waals surface area contributed by atoms with E-state index in [2.05, 4.69) is 29.0 Å².